The van der Waals surface area contributed by atoms with Crippen LogP contribution in [0.4, 0.5) is 0 Å². The fraction of sp³-hybridized carbons (Fsp3) is 0.750. The van der Waals surface area contributed by atoms with Gasteiger partial charge in [0.2, 0.25) is 1.43 Å². The van der Waals surface area contributed by atoms with Crippen LogP contribution >= 0.6 is 0 Å². The Morgan fingerprint density at radius 2 is 2.25 bits per heavy atom. The highest BCUT2D eigenvalue weighted by Gasteiger charge is 2.24. The summed E-state index contributed by atoms with van der Waals surface area (Å²) in [7, 11) is -4.47. The number of nitrogens with two attached hydrogens (primary N) is 1. The summed E-state index contributed by atoms with van der Waals surface area (Å²) in [5.41, 5.74) is 5.02. The lowest BCUT2D eigenvalue weighted by Gasteiger charge is -2.13. The Labute approximate surface area is 70.6 Å². The van der Waals surface area contributed by atoms with E-state index in [2.05, 4.69) is 8.74 Å². The number of hydrogen-bond acceptors (Lipinski definition) is 6. The van der Waals surface area contributed by atoms with E-state index in [1.165, 1.54) is 0 Å². The Hall–Kier alpha value is -0.700. The molecule has 0 saturated carbocycles. The van der Waals surface area contributed by atoms with Gasteiger partial charge in [-0.25, -0.2) is 4.18 Å². The molecule has 7 nitrogen and oxygen atoms in total. The average Bonchev–Trinajstić information content (AvgIpc) is 2.02. The summed E-state index contributed by atoms with van der Waals surface area (Å²) < 4.78 is 34.2. The van der Waals surface area contributed by atoms with Crippen molar-refractivity contribution in [2.75, 3.05) is 0 Å². The third-order valence-electron chi connectivity index (χ3n) is 1.06. The second-order valence-electron chi connectivity index (χ2n) is 2.07. The van der Waals surface area contributed by atoms with Gasteiger partial charge in [0.1, 0.15) is 12.1 Å². The molecule has 0 aliphatic carbocycles. The molecule has 0 spiro atoms. The molecule has 0 aromatic carbocycles. The number of rotatable bonds is 5. The smallest absolute Gasteiger partial charge is 0.397 e. The Balaban J connectivity index is 4.31. The van der Waals surface area contributed by atoms with Gasteiger partial charge < -0.3 is 10.8 Å². The van der Waals surface area contributed by atoms with E-state index in [0.29, 0.717) is 0 Å². The number of carboxylic acids is 1. The predicted octanol–water partition coefficient (Wildman–Crippen LogP) is -1.39. The van der Waals surface area contributed by atoms with Gasteiger partial charge in [-0.2, -0.15) is 8.42 Å². The van der Waals surface area contributed by atoms with Gasteiger partial charge in [-0.1, -0.05) is 0 Å². The normalized spacial score (nSPS) is 18.0. The summed E-state index contributed by atoms with van der Waals surface area (Å²) in [5, 5.41) is 8.33. The van der Waals surface area contributed by atoms with Crippen LogP contribution in [0.1, 0.15) is 6.92 Å². The summed E-state index contributed by atoms with van der Waals surface area (Å²) in [6, 6.07) is -1.50. The topological polar surface area (TPSA) is 127 Å². The molecule has 0 saturated heterocycles. The molecule has 8 heteroatoms. The van der Waals surface area contributed by atoms with Crippen molar-refractivity contribution < 1.29 is 27.1 Å². The maximum absolute atomic E-state index is 10.5. The summed E-state index contributed by atoms with van der Waals surface area (Å²) in [6.07, 6.45) is -1.30. The third-order valence-corrected chi connectivity index (χ3v) is 1.60. The molecule has 12 heavy (non-hydrogen) atoms. The Morgan fingerprint density at radius 3 is 2.58 bits per heavy atom. The Morgan fingerprint density at radius 1 is 1.75 bits per heavy atom. The molecular weight excluding hydrogens is 190 g/mol. The van der Waals surface area contributed by atoms with Crippen molar-refractivity contribution in [2.45, 2.75) is 19.1 Å². The van der Waals surface area contributed by atoms with E-state index in [9.17, 15) is 13.2 Å². The molecule has 0 heterocycles. The zero-order chi connectivity index (χ0) is 10.6. The predicted molar refractivity (Wildman–Crippen MR) is 37.7 cm³/mol. The van der Waals surface area contributed by atoms with Crippen LogP contribution in [0.3, 0.4) is 0 Å². The quantitative estimate of drug-likeness (QED) is 0.466. The molecule has 0 radical (unpaired) electrons. The number of aliphatic carboxylic acids is 1. The molecule has 0 fully saturated rings. The molecule has 0 amide bonds. The second-order valence-corrected chi connectivity index (χ2v) is 3.08. The van der Waals surface area contributed by atoms with E-state index in [0.717, 1.165) is 6.92 Å². The van der Waals surface area contributed by atoms with Crippen molar-refractivity contribution in [3.63, 3.8) is 0 Å². The maximum Gasteiger partial charge on any atom is 0.397 e. The SMILES string of the molecule is [2H]OS(=O)(=O)O[C@H](C)[C@H](N)C(=O)O. The number of hydrogen-bond donors (Lipinski definition) is 3. The lowest BCUT2D eigenvalue weighted by Crippen LogP contribution is -2.42. The van der Waals surface area contributed by atoms with E-state index in [1.54, 1.807) is 0 Å². The van der Waals surface area contributed by atoms with Crippen LogP contribution in [0.5, 0.6) is 0 Å². The molecule has 72 valence electrons. The molecule has 0 unspecified atom stereocenters. The van der Waals surface area contributed by atoms with Crippen molar-refractivity contribution in [3.05, 3.63) is 0 Å². The van der Waals surface area contributed by atoms with Crippen LogP contribution in [0.15, 0.2) is 0 Å². The summed E-state index contributed by atoms with van der Waals surface area (Å²) in [4.78, 5) is 10.2. The van der Waals surface area contributed by atoms with Crippen LogP contribution in [-0.4, -0.2) is 36.2 Å². The van der Waals surface area contributed by atoms with Crippen LogP contribution < -0.4 is 5.73 Å². The van der Waals surface area contributed by atoms with Gasteiger partial charge in [0.05, 0.1) is 0 Å². The summed E-state index contributed by atoms with van der Waals surface area (Å²) in [5.74, 6) is -1.41. The van der Waals surface area contributed by atoms with Gasteiger partial charge in [0.25, 0.3) is 0 Å². The van der Waals surface area contributed by atoms with Gasteiger partial charge >= 0.3 is 16.4 Å². The van der Waals surface area contributed by atoms with E-state index >= 15 is 0 Å². The zero-order valence-corrected chi connectivity index (χ0v) is 6.95. The molecule has 0 aliphatic heterocycles. The monoisotopic (exact) mass is 200 g/mol. The molecule has 0 aromatic rings. The van der Waals surface area contributed by atoms with Crippen LogP contribution in [0, 0.1) is 0 Å². The summed E-state index contributed by atoms with van der Waals surface area (Å²) in [6.45, 7) is 1.13. The van der Waals surface area contributed by atoms with Gasteiger partial charge in [0, 0.05) is 0 Å². The maximum atomic E-state index is 10.5. The largest absolute Gasteiger partial charge is 0.480 e. The number of carboxylic acid groups (broad SMARTS) is 1. The molecule has 0 rings (SSSR count). The van der Waals surface area contributed by atoms with Crippen molar-refractivity contribution in [2.24, 2.45) is 5.73 Å². The van der Waals surface area contributed by atoms with Gasteiger partial charge in [0.15, 0.2) is 0 Å². The second kappa shape index (κ2) is 3.81. The molecule has 0 bridgehead atoms. The van der Waals surface area contributed by atoms with Gasteiger partial charge in [-0.15, -0.1) is 0 Å². The van der Waals surface area contributed by atoms with E-state index < -0.39 is 28.5 Å². The van der Waals surface area contributed by atoms with Crippen LogP contribution in [0.2, 0.25) is 0 Å². The van der Waals surface area contributed by atoms with Gasteiger partial charge in [-0.05, 0) is 6.92 Å². The van der Waals surface area contributed by atoms with Crippen molar-refractivity contribution in [3.8, 4) is 0 Å². The van der Waals surface area contributed by atoms with Gasteiger partial charge in [-0.3, -0.25) is 9.35 Å². The van der Waals surface area contributed by atoms with Crippen molar-refractivity contribution in [1.82, 2.24) is 0 Å². The van der Waals surface area contributed by atoms with Crippen molar-refractivity contribution in [1.29, 1.82) is 1.43 Å². The highest BCUT2D eigenvalue weighted by Crippen LogP contribution is 2.00. The lowest BCUT2D eigenvalue weighted by atomic mass is 10.2. The minimum atomic E-state index is -4.47. The molecule has 2 atom stereocenters. The lowest BCUT2D eigenvalue weighted by molar-refractivity contribution is -0.140. The molecular formula is C4H9NO6S. The highest BCUT2D eigenvalue weighted by molar-refractivity contribution is 7.80. The first-order valence-electron chi connectivity index (χ1n) is 3.27. The van der Waals surface area contributed by atoms with Crippen LogP contribution in [0.25, 0.3) is 1.43 Å². The molecule has 4 N–H and O–H groups in total. The Bertz CT molecular complexity index is 276. The minimum absolute atomic E-state index is 1.13. The summed E-state index contributed by atoms with van der Waals surface area (Å²) >= 11 is 0. The first-order valence-corrected chi connectivity index (χ1v) is 4.20. The number of carbonyl (C=O) groups is 1. The third kappa shape index (κ3) is 4.23. The highest BCUT2D eigenvalue weighted by atomic mass is 32.3. The molecule has 0 aliphatic rings. The first-order chi connectivity index (χ1) is 5.80. The zero-order valence-electron chi connectivity index (χ0n) is 7.13. The standard InChI is InChI=1S/C4H9NO6S/c1-2(3(5)4(6)7)11-12(8,9)10/h2-3H,5H2,1H3,(H,6,7)(H,8,9,10)/t2-,3+/m1/s1/i/hD. The fourth-order valence-electron chi connectivity index (χ4n) is 0.447. The Kier molecular flexibility index (Phi) is 2.98. The fourth-order valence-corrected chi connectivity index (χ4v) is 0.938. The van der Waals surface area contributed by atoms with Crippen molar-refractivity contribution >= 4 is 16.4 Å². The van der Waals surface area contributed by atoms with Crippen LogP contribution in [-0.2, 0) is 19.4 Å². The van der Waals surface area contributed by atoms with E-state index in [1.807, 2.05) is 0 Å². The van der Waals surface area contributed by atoms with E-state index in [-0.39, 0.29) is 0 Å². The van der Waals surface area contributed by atoms with E-state index in [4.69, 9.17) is 12.3 Å². The first kappa shape index (κ1) is 9.39. The average molecular weight is 200 g/mol. The molecule has 0 aromatic heterocycles. The minimum Gasteiger partial charge on any atom is -0.480 e.